The summed E-state index contributed by atoms with van der Waals surface area (Å²) in [5.41, 5.74) is 2.52. The number of nitrogens with zero attached hydrogens (tertiary/aromatic N) is 1. The summed E-state index contributed by atoms with van der Waals surface area (Å²) in [7, 11) is 0. The smallest absolute Gasteiger partial charge is 0.0929 e. The third kappa shape index (κ3) is 2.58. The summed E-state index contributed by atoms with van der Waals surface area (Å²) in [5.74, 6) is 0. The van der Waals surface area contributed by atoms with Crippen LogP contribution < -0.4 is 5.32 Å². The van der Waals surface area contributed by atoms with Crippen LogP contribution in [0, 0.1) is 18.3 Å². The van der Waals surface area contributed by atoms with Gasteiger partial charge in [-0.3, -0.25) is 5.32 Å². The first-order valence-electron chi connectivity index (χ1n) is 4.86. The Kier molecular flexibility index (Phi) is 3.67. The number of hydrogen-bond donors (Lipinski definition) is 1. The fraction of sp³-hybridized carbons (Fsp3) is 0.417. The zero-order valence-electron chi connectivity index (χ0n) is 8.91. The van der Waals surface area contributed by atoms with E-state index in [4.69, 9.17) is 5.26 Å². The lowest BCUT2D eigenvalue weighted by atomic mass is 10.0. The summed E-state index contributed by atoms with van der Waals surface area (Å²) >= 11 is 0. The molecule has 0 amide bonds. The molecule has 0 aliphatic heterocycles. The molecule has 0 spiro atoms. The molecule has 0 aromatic heterocycles. The van der Waals surface area contributed by atoms with Crippen molar-refractivity contribution < 1.29 is 0 Å². The second kappa shape index (κ2) is 4.78. The number of rotatable bonds is 3. The molecule has 1 rings (SSSR count). The molecule has 0 bridgehead atoms. The first-order chi connectivity index (χ1) is 6.65. The van der Waals surface area contributed by atoms with Gasteiger partial charge in [0.25, 0.3) is 0 Å². The molecule has 0 saturated heterocycles. The molecule has 0 fully saturated rings. The van der Waals surface area contributed by atoms with Gasteiger partial charge in [0.2, 0.25) is 0 Å². The van der Waals surface area contributed by atoms with Gasteiger partial charge in [0, 0.05) is 6.04 Å². The van der Waals surface area contributed by atoms with Crippen molar-refractivity contribution in [1.29, 1.82) is 5.26 Å². The molecule has 1 aromatic rings. The lowest BCUT2D eigenvalue weighted by Crippen LogP contribution is -2.27. The summed E-state index contributed by atoms with van der Waals surface area (Å²) in [6.45, 7) is 6.04. The van der Waals surface area contributed by atoms with Gasteiger partial charge in [-0.15, -0.1) is 0 Å². The van der Waals surface area contributed by atoms with Crippen molar-refractivity contribution >= 4 is 0 Å². The van der Waals surface area contributed by atoms with Gasteiger partial charge in [-0.1, -0.05) is 24.3 Å². The van der Waals surface area contributed by atoms with Crippen LogP contribution in [0.25, 0.3) is 0 Å². The summed E-state index contributed by atoms with van der Waals surface area (Å²) in [4.78, 5) is 0. The summed E-state index contributed by atoms with van der Waals surface area (Å²) in [6.07, 6.45) is 0. The van der Waals surface area contributed by atoms with E-state index in [0.29, 0.717) is 0 Å². The van der Waals surface area contributed by atoms with Crippen LogP contribution in [-0.2, 0) is 0 Å². The van der Waals surface area contributed by atoms with Crippen LogP contribution in [0.4, 0.5) is 0 Å². The lowest BCUT2D eigenvalue weighted by Gasteiger charge is -2.17. The lowest BCUT2D eigenvalue weighted by molar-refractivity contribution is 0.541. The van der Waals surface area contributed by atoms with Crippen LogP contribution in [0.3, 0.4) is 0 Å². The average molecular weight is 188 g/mol. The fourth-order valence-electron chi connectivity index (χ4n) is 1.57. The van der Waals surface area contributed by atoms with Crippen molar-refractivity contribution in [2.75, 3.05) is 0 Å². The number of hydrogen-bond acceptors (Lipinski definition) is 2. The summed E-state index contributed by atoms with van der Waals surface area (Å²) in [6, 6.07) is 10.5. The van der Waals surface area contributed by atoms with E-state index in [1.54, 1.807) is 0 Å². The molecule has 2 heteroatoms. The Labute approximate surface area is 85.6 Å². The fourth-order valence-corrected chi connectivity index (χ4v) is 1.57. The predicted molar refractivity (Wildman–Crippen MR) is 57.8 cm³/mol. The monoisotopic (exact) mass is 188 g/mol. The van der Waals surface area contributed by atoms with Crippen molar-refractivity contribution in [3.8, 4) is 6.07 Å². The van der Waals surface area contributed by atoms with Crippen molar-refractivity contribution in [2.45, 2.75) is 32.9 Å². The van der Waals surface area contributed by atoms with E-state index in [1.165, 1.54) is 11.1 Å². The highest BCUT2D eigenvalue weighted by molar-refractivity contribution is 5.28. The first-order valence-corrected chi connectivity index (χ1v) is 4.86. The minimum absolute atomic E-state index is 0.107. The molecule has 2 atom stereocenters. The van der Waals surface area contributed by atoms with E-state index >= 15 is 0 Å². The predicted octanol–water partition coefficient (Wildman–Crippen LogP) is 2.56. The molecule has 14 heavy (non-hydrogen) atoms. The molecule has 0 aliphatic rings. The Bertz CT molecular complexity index is 338. The highest BCUT2D eigenvalue weighted by atomic mass is 14.9. The van der Waals surface area contributed by atoms with Gasteiger partial charge >= 0.3 is 0 Å². The van der Waals surface area contributed by atoms with Gasteiger partial charge in [-0.2, -0.15) is 5.26 Å². The molecule has 1 N–H and O–H groups in total. The third-order valence-corrected chi connectivity index (χ3v) is 2.35. The molecule has 0 heterocycles. The number of nitriles is 1. The van der Waals surface area contributed by atoms with E-state index in [0.717, 1.165) is 0 Å². The van der Waals surface area contributed by atoms with E-state index in [2.05, 4.69) is 37.4 Å². The Morgan fingerprint density at radius 2 is 1.93 bits per heavy atom. The molecule has 1 aromatic carbocycles. The normalized spacial score (nSPS) is 14.4. The Balaban J connectivity index is 2.75. The molecule has 0 saturated carbocycles. The Morgan fingerprint density at radius 1 is 1.29 bits per heavy atom. The molecule has 0 radical (unpaired) electrons. The van der Waals surface area contributed by atoms with Crippen LogP contribution in [0.1, 0.15) is 31.0 Å². The number of aryl methyl sites for hydroxylation is 1. The van der Waals surface area contributed by atoms with Gasteiger partial charge in [0.1, 0.15) is 0 Å². The topological polar surface area (TPSA) is 35.8 Å². The Hall–Kier alpha value is -1.33. The largest absolute Gasteiger partial charge is 0.296 e. The second-order valence-electron chi connectivity index (χ2n) is 3.60. The quantitative estimate of drug-likeness (QED) is 0.791. The van der Waals surface area contributed by atoms with Crippen molar-refractivity contribution in [3.05, 3.63) is 35.4 Å². The zero-order valence-corrected chi connectivity index (χ0v) is 8.91. The highest BCUT2D eigenvalue weighted by Crippen LogP contribution is 2.16. The maximum Gasteiger partial charge on any atom is 0.0929 e. The standard InChI is InChI=1S/C12H16N2/c1-9-6-4-5-7-12(9)11(3)14-10(2)8-13/h4-7,10-11,14H,1-3H3. The molecule has 74 valence electrons. The molecule has 2 unspecified atom stereocenters. The maximum atomic E-state index is 8.69. The van der Waals surface area contributed by atoms with Crippen LogP contribution in [0.5, 0.6) is 0 Å². The van der Waals surface area contributed by atoms with Crippen molar-refractivity contribution in [1.82, 2.24) is 5.32 Å². The molecular formula is C12H16N2. The highest BCUT2D eigenvalue weighted by Gasteiger charge is 2.09. The average Bonchev–Trinajstić information content (AvgIpc) is 2.18. The first kappa shape index (κ1) is 10.7. The van der Waals surface area contributed by atoms with Crippen LogP contribution in [0.2, 0.25) is 0 Å². The minimum atomic E-state index is -0.107. The van der Waals surface area contributed by atoms with Gasteiger partial charge in [0.05, 0.1) is 12.1 Å². The maximum absolute atomic E-state index is 8.69. The van der Waals surface area contributed by atoms with Gasteiger partial charge in [-0.25, -0.2) is 0 Å². The molecule has 0 aliphatic carbocycles. The third-order valence-electron chi connectivity index (χ3n) is 2.35. The van der Waals surface area contributed by atoms with Gasteiger partial charge in [0.15, 0.2) is 0 Å². The van der Waals surface area contributed by atoms with Crippen LogP contribution in [0.15, 0.2) is 24.3 Å². The minimum Gasteiger partial charge on any atom is -0.296 e. The van der Waals surface area contributed by atoms with Crippen LogP contribution >= 0.6 is 0 Å². The number of nitrogens with one attached hydrogen (secondary N) is 1. The number of benzene rings is 1. The molecular weight excluding hydrogens is 172 g/mol. The Morgan fingerprint density at radius 3 is 2.50 bits per heavy atom. The van der Waals surface area contributed by atoms with Gasteiger partial charge < -0.3 is 0 Å². The summed E-state index contributed by atoms with van der Waals surface area (Å²) < 4.78 is 0. The van der Waals surface area contributed by atoms with Crippen molar-refractivity contribution in [3.63, 3.8) is 0 Å². The van der Waals surface area contributed by atoms with E-state index in [9.17, 15) is 0 Å². The molecule has 2 nitrogen and oxygen atoms in total. The zero-order chi connectivity index (χ0) is 10.6. The van der Waals surface area contributed by atoms with E-state index in [-0.39, 0.29) is 12.1 Å². The van der Waals surface area contributed by atoms with E-state index < -0.39 is 0 Å². The van der Waals surface area contributed by atoms with E-state index in [1.807, 2.05) is 19.1 Å². The second-order valence-corrected chi connectivity index (χ2v) is 3.60. The SMILES string of the molecule is Cc1ccccc1C(C)NC(C)C#N. The van der Waals surface area contributed by atoms with Crippen molar-refractivity contribution in [2.24, 2.45) is 0 Å². The van der Waals surface area contributed by atoms with Crippen LogP contribution in [-0.4, -0.2) is 6.04 Å². The van der Waals surface area contributed by atoms with Gasteiger partial charge in [-0.05, 0) is 31.9 Å². The summed E-state index contributed by atoms with van der Waals surface area (Å²) in [5, 5.41) is 11.9.